The number of rotatable bonds is 7. The van der Waals surface area contributed by atoms with Gasteiger partial charge in [0, 0.05) is 23.1 Å². The van der Waals surface area contributed by atoms with E-state index < -0.39 is 11.7 Å². The van der Waals surface area contributed by atoms with Crippen molar-refractivity contribution in [1.82, 2.24) is 14.6 Å². The minimum atomic E-state index is -0.452. The second kappa shape index (κ2) is 9.61. The molecule has 0 spiro atoms. The number of benzene rings is 2. The number of halogens is 1. The van der Waals surface area contributed by atoms with Crippen molar-refractivity contribution in [2.75, 3.05) is 16.4 Å². The number of fused-ring (bicyclic) bond motifs is 1. The fourth-order valence-electron chi connectivity index (χ4n) is 3.02. The maximum absolute atomic E-state index is 13.4. The first-order valence-corrected chi connectivity index (χ1v) is 10.8. The van der Waals surface area contributed by atoms with Crippen molar-refractivity contribution in [3.8, 4) is 0 Å². The van der Waals surface area contributed by atoms with Gasteiger partial charge in [0.2, 0.25) is 5.91 Å². The van der Waals surface area contributed by atoms with Crippen molar-refractivity contribution < 1.29 is 18.8 Å². The van der Waals surface area contributed by atoms with Crippen LogP contribution in [0.2, 0.25) is 0 Å². The Kier molecular flexibility index (Phi) is 6.45. The molecule has 0 aliphatic rings. The van der Waals surface area contributed by atoms with E-state index in [9.17, 15) is 18.8 Å². The lowest BCUT2D eigenvalue weighted by molar-refractivity contribution is -0.113. The molecule has 0 bridgehead atoms. The number of anilines is 2. The fourth-order valence-corrected chi connectivity index (χ4v) is 3.73. The van der Waals surface area contributed by atoms with E-state index in [2.05, 4.69) is 20.8 Å². The Morgan fingerprint density at radius 2 is 1.70 bits per heavy atom. The average molecular weight is 463 g/mol. The maximum atomic E-state index is 13.4. The highest BCUT2D eigenvalue weighted by Crippen LogP contribution is 2.19. The average Bonchev–Trinajstić information content (AvgIpc) is 3.20. The fraction of sp³-hybridized carbons (Fsp3) is 0.0870. The zero-order valence-electron chi connectivity index (χ0n) is 17.4. The number of amides is 2. The van der Waals surface area contributed by atoms with Crippen LogP contribution in [0.5, 0.6) is 0 Å². The van der Waals surface area contributed by atoms with E-state index in [4.69, 9.17) is 0 Å². The SMILES string of the molecule is CC(=O)c1cccc(NC(=O)CSc2nnc3ccc(C(=O)Nc4cccc(F)c4)cn23)c1. The van der Waals surface area contributed by atoms with Gasteiger partial charge in [0.1, 0.15) is 5.82 Å². The molecule has 2 N–H and O–H groups in total. The zero-order chi connectivity index (χ0) is 23.4. The number of carbonyl (C=O) groups excluding carboxylic acids is 3. The summed E-state index contributed by atoms with van der Waals surface area (Å²) in [4.78, 5) is 36.4. The molecule has 166 valence electrons. The van der Waals surface area contributed by atoms with Crippen molar-refractivity contribution in [1.29, 1.82) is 0 Å². The summed E-state index contributed by atoms with van der Waals surface area (Å²) in [5, 5.41) is 13.9. The molecule has 33 heavy (non-hydrogen) atoms. The number of pyridine rings is 1. The molecule has 4 rings (SSSR count). The van der Waals surface area contributed by atoms with Crippen LogP contribution >= 0.6 is 11.8 Å². The molecular weight excluding hydrogens is 445 g/mol. The molecule has 2 aromatic carbocycles. The van der Waals surface area contributed by atoms with Gasteiger partial charge in [-0.15, -0.1) is 10.2 Å². The molecule has 4 aromatic rings. The van der Waals surface area contributed by atoms with Gasteiger partial charge in [0.25, 0.3) is 5.91 Å². The number of ketones is 1. The molecule has 8 nitrogen and oxygen atoms in total. The number of thioether (sulfide) groups is 1. The number of aromatic nitrogens is 3. The Balaban J connectivity index is 1.44. The quantitative estimate of drug-likeness (QED) is 0.316. The first kappa shape index (κ1) is 22.2. The zero-order valence-corrected chi connectivity index (χ0v) is 18.2. The second-order valence-corrected chi connectivity index (χ2v) is 8.01. The predicted molar refractivity (Wildman–Crippen MR) is 123 cm³/mol. The summed E-state index contributed by atoms with van der Waals surface area (Å²) in [6.07, 6.45) is 1.56. The normalized spacial score (nSPS) is 10.7. The van der Waals surface area contributed by atoms with Crippen molar-refractivity contribution >= 4 is 46.4 Å². The van der Waals surface area contributed by atoms with Crippen molar-refractivity contribution in [2.24, 2.45) is 0 Å². The molecule has 0 atom stereocenters. The van der Waals surface area contributed by atoms with Crippen LogP contribution in [0.25, 0.3) is 5.65 Å². The first-order valence-electron chi connectivity index (χ1n) is 9.84. The van der Waals surface area contributed by atoms with Gasteiger partial charge >= 0.3 is 0 Å². The second-order valence-electron chi connectivity index (χ2n) is 7.07. The predicted octanol–water partition coefficient (Wildman–Crippen LogP) is 4.05. The molecule has 2 amide bonds. The Bertz CT molecular complexity index is 1370. The highest BCUT2D eigenvalue weighted by molar-refractivity contribution is 7.99. The summed E-state index contributed by atoms with van der Waals surface area (Å²) >= 11 is 1.15. The molecular formula is C23H18FN5O3S. The van der Waals surface area contributed by atoms with Crippen molar-refractivity contribution in [2.45, 2.75) is 12.1 Å². The summed E-state index contributed by atoms with van der Waals surface area (Å²) in [6, 6.07) is 15.5. The Labute approximate surface area is 192 Å². The van der Waals surface area contributed by atoms with Gasteiger partial charge < -0.3 is 10.6 Å². The number of nitrogens with one attached hydrogen (secondary N) is 2. The third-order valence-electron chi connectivity index (χ3n) is 4.60. The van der Waals surface area contributed by atoms with Crippen molar-refractivity contribution in [3.63, 3.8) is 0 Å². The molecule has 0 radical (unpaired) electrons. The van der Waals surface area contributed by atoms with Gasteiger partial charge in [-0.05, 0) is 49.4 Å². The highest BCUT2D eigenvalue weighted by atomic mass is 32.2. The van der Waals surface area contributed by atoms with E-state index in [0.717, 1.165) is 11.8 Å². The Morgan fingerprint density at radius 1 is 0.939 bits per heavy atom. The minimum Gasteiger partial charge on any atom is -0.325 e. The van der Waals surface area contributed by atoms with Crippen LogP contribution in [0.3, 0.4) is 0 Å². The number of Topliss-reactive ketones (excluding diaryl/α,β-unsaturated/α-hetero) is 1. The molecule has 2 aromatic heterocycles. The van der Waals surface area contributed by atoms with Gasteiger partial charge in [-0.2, -0.15) is 0 Å². The topological polar surface area (TPSA) is 105 Å². The van der Waals surface area contributed by atoms with Crippen LogP contribution in [0.4, 0.5) is 15.8 Å². The number of carbonyl (C=O) groups is 3. The number of hydrogen-bond acceptors (Lipinski definition) is 6. The standard InChI is InChI=1S/C23H18FN5O3S/c1-14(30)15-4-2-6-18(10-15)25-21(31)13-33-23-28-27-20-9-8-16(12-29(20)23)22(32)26-19-7-3-5-17(24)11-19/h2-12H,13H2,1H3,(H,25,31)(H,26,32). The van der Waals surface area contributed by atoms with E-state index in [-0.39, 0.29) is 17.4 Å². The molecule has 0 aliphatic heterocycles. The van der Waals surface area contributed by atoms with Crippen LogP contribution < -0.4 is 10.6 Å². The monoisotopic (exact) mass is 463 g/mol. The number of hydrogen-bond donors (Lipinski definition) is 2. The van der Waals surface area contributed by atoms with Crippen LogP contribution in [-0.2, 0) is 4.79 Å². The lowest BCUT2D eigenvalue weighted by Gasteiger charge is -2.07. The van der Waals surface area contributed by atoms with Crippen LogP contribution in [-0.4, -0.2) is 37.9 Å². The van der Waals surface area contributed by atoms with Crippen LogP contribution in [0.1, 0.15) is 27.6 Å². The Hall–Kier alpha value is -4.05. The molecule has 0 fully saturated rings. The third kappa shape index (κ3) is 5.42. The minimum absolute atomic E-state index is 0.0464. The molecule has 0 saturated carbocycles. The van der Waals surface area contributed by atoms with E-state index in [1.165, 1.54) is 25.1 Å². The molecule has 10 heteroatoms. The van der Waals surface area contributed by atoms with Crippen LogP contribution in [0, 0.1) is 5.82 Å². The van der Waals surface area contributed by atoms with E-state index in [1.807, 2.05) is 0 Å². The lowest BCUT2D eigenvalue weighted by Crippen LogP contribution is -2.15. The van der Waals surface area contributed by atoms with Gasteiger partial charge in [0.15, 0.2) is 16.6 Å². The largest absolute Gasteiger partial charge is 0.325 e. The van der Waals surface area contributed by atoms with E-state index in [1.54, 1.807) is 53.1 Å². The highest BCUT2D eigenvalue weighted by Gasteiger charge is 2.13. The van der Waals surface area contributed by atoms with Gasteiger partial charge in [-0.1, -0.05) is 30.0 Å². The van der Waals surface area contributed by atoms with Gasteiger partial charge in [-0.3, -0.25) is 18.8 Å². The van der Waals surface area contributed by atoms with Gasteiger partial charge in [0.05, 0.1) is 11.3 Å². The van der Waals surface area contributed by atoms with Gasteiger partial charge in [-0.25, -0.2) is 4.39 Å². The lowest BCUT2D eigenvalue weighted by atomic mass is 10.1. The number of nitrogens with zero attached hydrogens (tertiary/aromatic N) is 3. The van der Waals surface area contributed by atoms with E-state index >= 15 is 0 Å². The summed E-state index contributed by atoms with van der Waals surface area (Å²) in [6.45, 7) is 1.46. The summed E-state index contributed by atoms with van der Waals surface area (Å²) < 4.78 is 15.0. The third-order valence-corrected chi connectivity index (χ3v) is 5.54. The molecule has 0 saturated heterocycles. The van der Waals surface area contributed by atoms with Crippen molar-refractivity contribution in [3.05, 3.63) is 83.8 Å². The molecule has 0 unspecified atom stereocenters. The summed E-state index contributed by atoms with van der Waals surface area (Å²) in [5.74, 6) is -1.20. The molecule has 2 heterocycles. The molecule has 0 aliphatic carbocycles. The van der Waals surface area contributed by atoms with E-state index in [0.29, 0.717) is 33.3 Å². The van der Waals surface area contributed by atoms with Crippen LogP contribution in [0.15, 0.2) is 72.0 Å². The summed E-state index contributed by atoms with van der Waals surface area (Å²) in [7, 11) is 0. The maximum Gasteiger partial charge on any atom is 0.257 e. The summed E-state index contributed by atoms with van der Waals surface area (Å²) in [5.41, 5.74) is 2.20. The smallest absolute Gasteiger partial charge is 0.257 e. The first-order chi connectivity index (χ1) is 15.9. The Morgan fingerprint density at radius 3 is 2.45 bits per heavy atom.